The van der Waals surface area contributed by atoms with E-state index >= 15 is 0 Å². The molecule has 0 spiro atoms. The van der Waals surface area contributed by atoms with Gasteiger partial charge in [-0.15, -0.1) is 0 Å². The van der Waals surface area contributed by atoms with E-state index < -0.39 is 0 Å². The van der Waals surface area contributed by atoms with Gasteiger partial charge in [0.2, 0.25) is 0 Å². The van der Waals surface area contributed by atoms with Crippen molar-refractivity contribution in [2.45, 2.75) is 32.7 Å². The average Bonchev–Trinajstić information content (AvgIpc) is 2.52. The number of benzene rings is 1. The summed E-state index contributed by atoms with van der Waals surface area (Å²) < 4.78 is 0. The Labute approximate surface area is 120 Å². The second-order valence-corrected chi connectivity index (χ2v) is 4.80. The topological polar surface area (TPSA) is 42.0 Å². The summed E-state index contributed by atoms with van der Waals surface area (Å²) in [5.41, 5.74) is 2.84. The number of aromatic nitrogens is 1. The van der Waals surface area contributed by atoms with Gasteiger partial charge in [-0.05, 0) is 42.7 Å². The van der Waals surface area contributed by atoms with E-state index in [-0.39, 0.29) is 5.91 Å². The summed E-state index contributed by atoms with van der Waals surface area (Å²) in [6, 6.07) is 13.5. The van der Waals surface area contributed by atoms with Gasteiger partial charge in [0.05, 0.1) is 12.2 Å². The summed E-state index contributed by atoms with van der Waals surface area (Å²) >= 11 is 0. The maximum absolute atomic E-state index is 12.0. The average molecular weight is 268 g/mol. The number of unbranched alkanes of at least 4 members (excludes halogenated alkanes) is 1. The molecule has 0 aliphatic carbocycles. The van der Waals surface area contributed by atoms with Crippen molar-refractivity contribution in [3.63, 3.8) is 0 Å². The summed E-state index contributed by atoms with van der Waals surface area (Å²) in [5, 5.41) is 2.88. The number of pyridine rings is 1. The van der Waals surface area contributed by atoms with Gasteiger partial charge < -0.3 is 5.32 Å². The van der Waals surface area contributed by atoms with Crippen LogP contribution >= 0.6 is 0 Å². The van der Waals surface area contributed by atoms with Crippen LogP contribution in [0.1, 0.15) is 41.4 Å². The quantitative estimate of drug-likeness (QED) is 0.873. The molecule has 0 aliphatic rings. The fourth-order valence-electron chi connectivity index (χ4n) is 1.98. The number of carbonyl (C=O) groups excluding carboxylic acids is 1. The van der Waals surface area contributed by atoms with Crippen molar-refractivity contribution < 1.29 is 4.79 Å². The minimum atomic E-state index is -0.0577. The fourth-order valence-corrected chi connectivity index (χ4v) is 1.98. The van der Waals surface area contributed by atoms with Gasteiger partial charge in [0.15, 0.2) is 0 Å². The van der Waals surface area contributed by atoms with Crippen molar-refractivity contribution in [3.05, 3.63) is 65.5 Å². The van der Waals surface area contributed by atoms with E-state index in [1.54, 1.807) is 6.20 Å². The number of amides is 1. The molecule has 1 heterocycles. The molecule has 2 rings (SSSR count). The molecule has 0 aliphatic heterocycles. The van der Waals surface area contributed by atoms with Crippen molar-refractivity contribution in [1.82, 2.24) is 10.3 Å². The molecule has 3 nitrogen and oxygen atoms in total. The van der Waals surface area contributed by atoms with Crippen LogP contribution in [0.2, 0.25) is 0 Å². The number of nitrogens with zero attached hydrogens (tertiary/aromatic N) is 1. The van der Waals surface area contributed by atoms with Gasteiger partial charge in [0.1, 0.15) is 0 Å². The van der Waals surface area contributed by atoms with E-state index in [2.05, 4.69) is 17.2 Å². The number of hydrogen-bond donors (Lipinski definition) is 1. The third-order valence-corrected chi connectivity index (χ3v) is 3.19. The Balaban J connectivity index is 1.89. The molecule has 2 aromatic rings. The maximum Gasteiger partial charge on any atom is 0.251 e. The van der Waals surface area contributed by atoms with Crippen molar-refractivity contribution in [2.75, 3.05) is 0 Å². The first-order chi connectivity index (χ1) is 9.79. The molecule has 1 aromatic heterocycles. The van der Waals surface area contributed by atoms with E-state index in [4.69, 9.17) is 0 Å². The van der Waals surface area contributed by atoms with Crippen molar-refractivity contribution in [3.8, 4) is 0 Å². The van der Waals surface area contributed by atoms with Crippen LogP contribution in [0.5, 0.6) is 0 Å². The van der Waals surface area contributed by atoms with E-state index in [1.807, 2.05) is 42.5 Å². The lowest BCUT2D eigenvalue weighted by molar-refractivity contribution is 0.0950. The molecule has 20 heavy (non-hydrogen) atoms. The Bertz CT molecular complexity index is 535. The first-order valence-electron chi connectivity index (χ1n) is 7.06. The highest BCUT2D eigenvalue weighted by Crippen LogP contribution is 2.08. The lowest BCUT2D eigenvalue weighted by Gasteiger charge is -2.06. The van der Waals surface area contributed by atoms with E-state index in [9.17, 15) is 4.79 Å². The molecule has 0 bridgehead atoms. The van der Waals surface area contributed by atoms with Gasteiger partial charge >= 0.3 is 0 Å². The Morgan fingerprint density at radius 3 is 2.60 bits per heavy atom. The maximum atomic E-state index is 12.0. The molecule has 104 valence electrons. The summed E-state index contributed by atoms with van der Waals surface area (Å²) in [5.74, 6) is -0.0577. The van der Waals surface area contributed by atoms with Gasteiger partial charge in [-0.3, -0.25) is 9.78 Å². The molecule has 1 N–H and O–H groups in total. The van der Waals surface area contributed by atoms with Crippen LogP contribution in [-0.2, 0) is 13.0 Å². The van der Waals surface area contributed by atoms with Gasteiger partial charge in [-0.25, -0.2) is 0 Å². The predicted molar refractivity (Wildman–Crippen MR) is 80.5 cm³/mol. The lowest BCUT2D eigenvalue weighted by atomic mass is 10.1. The Morgan fingerprint density at radius 2 is 1.95 bits per heavy atom. The smallest absolute Gasteiger partial charge is 0.251 e. The number of carbonyl (C=O) groups is 1. The Kier molecular flexibility index (Phi) is 5.30. The SMILES string of the molecule is CCCCc1ccc(C(=O)NCc2ccccn2)cc1. The standard InChI is InChI=1S/C17H20N2O/c1-2-3-6-14-8-10-15(11-9-14)17(20)19-13-16-7-4-5-12-18-16/h4-5,7-12H,2-3,6,13H2,1H3,(H,19,20). The van der Waals surface area contributed by atoms with Crippen molar-refractivity contribution >= 4 is 5.91 Å². The van der Waals surface area contributed by atoms with E-state index in [0.717, 1.165) is 12.1 Å². The molecule has 1 aromatic carbocycles. The molecule has 3 heteroatoms. The van der Waals surface area contributed by atoms with Crippen LogP contribution < -0.4 is 5.32 Å². The molecule has 0 atom stereocenters. The zero-order valence-corrected chi connectivity index (χ0v) is 11.8. The Hall–Kier alpha value is -2.16. The second kappa shape index (κ2) is 7.43. The first kappa shape index (κ1) is 14.3. The van der Waals surface area contributed by atoms with Crippen LogP contribution in [0, 0.1) is 0 Å². The molecular formula is C17H20N2O. The van der Waals surface area contributed by atoms with Crippen LogP contribution in [0.3, 0.4) is 0 Å². The van der Waals surface area contributed by atoms with Crippen LogP contribution in [0.25, 0.3) is 0 Å². The zero-order chi connectivity index (χ0) is 14.2. The molecular weight excluding hydrogens is 248 g/mol. The fraction of sp³-hybridized carbons (Fsp3) is 0.294. The van der Waals surface area contributed by atoms with Gasteiger partial charge in [0, 0.05) is 11.8 Å². The first-order valence-corrected chi connectivity index (χ1v) is 7.06. The van der Waals surface area contributed by atoms with Crippen molar-refractivity contribution in [2.24, 2.45) is 0 Å². The van der Waals surface area contributed by atoms with Crippen LogP contribution in [0.15, 0.2) is 48.7 Å². The number of rotatable bonds is 6. The van der Waals surface area contributed by atoms with Gasteiger partial charge in [0.25, 0.3) is 5.91 Å². The summed E-state index contributed by atoms with van der Waals surface area (Å²) in [6.45, 7) is 2.64. The monoisotopic (exact) mass is 268 g/mol. The number of nitrogens with one attached hydrogen (secondary N) is 1. The second-order valence-electron chi connectivity index (χ2n) is 4.80. The predicted octanol–water partition coefficient (Wildman–Crippen LogP) is 3.35. The Morgan fingerprint density at radius 1 is 1.15 bits per heavy atom. The van der Waals surface area contributed by atoms with E-state index in [1.165, 1.54) is 18.4 Å². The molecule has 0 saturated heterocycles. The van der Waals surface area contributed by atoms with E-state index in [0.29, 0.717) is 12.1 Å². The third kappa shape index (κ3) is 4.19. The zero-order valence-electron chi connectivity index (χ0n) is 11.8. The largest absolute Gasteiger partial charge is 0.346 e. The number of hydrogen-bond acceptors (Lipinski definition) is 2. The molecule has 0 fully saturated rings. The minimum Gasteiger partial charge on any atom is -0.346 e. The number of aryl methyl sites for hydroxylation is 1. The molecule has 0 saturated carbocycles. The highest BCUT2D eigenvalue weighted by molar-refractivity contribution is 5.94. The van der Waals surface area contributed by atoms with Gasteiger partial charge in [-0.1, -0.05) is 31.5 Å². The summed E-state index contributed by atoms with van der Waals surface area (Å²) in [4.78, 5) is 16.2. The highest BCUT2D eigenvalue weighted by Gasteiger charge is 2.05. The lowest BCUT2D eigenvalue weighted by Crippen LogP contribution is -2.23. The third-order valence-electron chi connectivity index (χ3n) is 3.19. The molecule has 0 radical (unpaired) electrons. The van der Waals surface area contributed by atoms with Crippen LogP contribution in [0.4, 0.5) is 0 Å². The normalized spacial score (nSPS) is 10.2. The minimum absolute atomic E-state index is 0.0577. The molecule has 0 unspecified atom stereocenters. The van der Waals surface area contributed by atoms with Crippen molar-refractivity contribution in [1.29, 1.82) is 0 Å². The highest BCUT2D eigenvalue weighted by atomic mass is 16.1. The van der Waals surface area contributed by atoms with Gasteiger partial charge in [-0.2, -0.15) is 0 Å². The molecule has 1 amide bonds. The van der Waals surface area contributed by atoms with Crippen LogP contribution in [-0.4, -0.2) is 10.9 Å². The summed E-state index contributed by atoms with van der Waals surface area (Å²) in [7, 11) is 0. The summed E-state index contributed by atoms with van der Waals surface area (Å²) in [6.07, 6.45) is 5.17.